The fraction of sp³-hybridized carbons (Fsp3) is 0.714. The van der Waals surface area contributed by atoms with Crippen molar-refractivity contribution in [1.82, 2.24) is 5.32 Å². The van der Waals surface area contributed by atoms with E-state index in [4.69, 9.17) is 0 Å². The first kappa shape index (κ1) is 7.70. The van der Waals surface area contributed by atoms with Crippen LogP contribution in [0.5, 0.6) is 0 Å². The largest absolute Gasteiger partial charge is 0.311 e. The van der Waals surface area contributed by atoms with Crippen LogP contribution in [0.15, 0.2) is 12.2 Å². The molecule has 0 radical (unpaired) electrons. The first-order valence-corrected chi connectivity index (χ1v) is 2.95. The fourth-order valence-corrected chi connectivity index (χ4v) is 0.500. The van der Waals surface area contributed by atoms with Crippen LogP contribution in [0.1, 0.15) is 20.8 Å². The molecule has 0 aromatic rings. The standard InChI is InChI=1S/C7H15N/c1-5-6-7(2,3)8-4/h5-6,8H,1-4H3/b6-5-. The molecule has 0 aromatic heterocycles. The van der Waals surface area contributed by atoms with Gasteiger partial charge in [0.05, 0.1) is 0 Å². The topological polar surface area (TPSA) is 12.0 Å². The maximum absolute atomic E-state index is 3.16. The SMILES string of the molecule is C/C=C\C(C)(C)NC. The van der Waals surface area contributed by atoms with Crippen molar-refractivity contribution >= 4 is 0 Å². The molecule has 0 aliphatic carbocycles. The van der Waals surface area contributed by atoms with E-state index in [1.54, 1.807) is 0 Å². The zero-order valence-electron chi connectivity index (χ0n) is 6.15. The molecule has 0 rings (SSSR count). The van der Waals surface area contributed by atoms with Crippen molar-refractivity contribution in [3.05, 3.63) is 12.2 Å². The molecule has 0 aliphatic heterocycles. The Balaban J connectivity index is 3.71. The summed E-state index contributed by atoms with van der Waals surface area (Å²) in [7, 11) is 1.96. The average Bonchev–Trinajstić information content (AvgIpc) is 1.67. The second kappa shape index (κ2) is 2.88. The van der Waals surface area contributed by atoms with E-state index in [0.29, 0.717) is 0 Å². The summed E-state index contributed by atoms with van der Waals surface area (Å²) in [5, 5.41) is 3.16. The van der Waals surface area contributed by atoms with E-state index in [2.05, 4.69) is 31.3 Å². The Bertz CT molecular complexity index is 82.4. The number of rotatable bonds is 2. The van der Waals surface area contributed by atoms with Crippen LogP contribution in [0.25, 0.3) is 0 Å². The van der Waals surface area contributed by atoms with E-state index in [-0.39, 0.29) is 5.54 Å². The summed E-state index contributed by atoms with van der Waals surface area (Å²) in [6, 6.07) is 0. The Hall–Kier alpha value is -0.300. The molecule has 0 spiro atoms. The van der Waals surface area contributed by atoms with Gasteiger partial charge in [-0.25, -0.2) is 0 Å². The zero-order valence-corrected chi connectivity index (χ0v) is 6.15. The lowest BCUT2D eigenvalue weighted by Crippen LogP contribution is -2.33. The van der Waals surface area contributed by atoms with Gasteiger partial charge >= 0.3 is 0 Å². The van der Waals surface area contributed by atoms with Crippen LogP contribution in [-0.2, 0) is 0 Å². The Kier molecular flexibility index (Phi) is 2.77. The Morgan fingerprint density at radius 2 is 1.88 bits per heavy atom. The number of nitrogens with one attached hydrogen (secondary N) is 1. The fourth-order valence-electron chi connectivity index (χ4n) is 0.500. The summed E-state index contributed by atoms with van der Waals surface area (Å²) in [5.41, 5.74) is 0.161. The molecule has 8 heavy (non-hydrogen) atoms. The molecule has 0 heterocycles. The van der Waals surface area contributed by atoms with Crippen LogP contribution < -0.4 is 5.32 Å². The smallest absolute Gasteiger partial charge is 0.0304 e. The van der Waals surface area contributed by atoms with Crippen LogP contribution in [0.3, 0.4) is 0 Å². The third kappa shape index (κ3) is 2.80. The maximum Gasteiger partial charge on any atom is 0.0304 e. The van der Waals surface area contributed by atoms with Gasteiger partial charge in [0.15, 0.2) is 0 Å². The molecule has 0 aromatic carbocycles. The molecule has 0 atom stereocenters. The molecule has 0 fully saturated rings. The number of hydrogen-bond acceptors (Lipinski definition) is 1. The van der Waals surface area contributed by atoms with Gasteiger partial charge in [-0.05, 0) is 27.8 Å². The van der Waals surface area contributed by atoms with Crippen LogP contribution in [-0.4, -0.2) is 12.6 Å². The number of hydrogen-bond donors (Lipinski definition) is 1. The molecule has 1 N–H and O–H groups in total. The Morgan fingerprint density at radius 1 is 1.38 bits per heavy atom. The molecule has 0 amide bonds. The predicted molar refractivity (Wildman–Crippen MR) is 38.0 cm³/mol. The normalized spacial score (nSPS) is 13.0. The third-order valence-electron chi connectivity index (χ3n) is 1.23. The number of likely N-dealkylation sites (N-methyl/N-ethyl adjacent to an activating group) is 1. The molecule has 0 unspecified atom stereocenters. The minimum Gasteiger partial charge on any atom is -0.311 e. The zero-order chi connectivity index (χ0) is 6.62. The van der Waals surface area contributed by atoms with Gasteiger partial charge in [-0.3, -0.25) is 0 Å². The van der Waals surface area contributed by atoms with Gasteiger partial charge in [0.25, 0.3) is 0 Å². The minimum atomic E-state index is 0.161. The second-order valence-electron chi connectivity index (χ2n) is 2.47. The van der Waals surface area contributed by atoms with Crippen LogP contribution in [0.2, 0.25) is 0 Å². The van der Waals surface area contributed by atoms with Crippen molar-refractivity contribution in [3.8, 4) is 0 Å². The van der Waals surface area contributed by atoms with Gasteiger partial charge in [-0.2, -0.15) is 0 Å². The summed E-state index contributed by atoms with van der Waals surface area (Å²) in [6.45, 7) is 6.29. The summed E-state index contributed by atoms with van der Waals surface area (Å²) in [4.78, 5) is 0. The molecule has 0 saturated heterocycles. The summed E-state index contributed by atoms with van der Waals surface area (Å²) < 4.78 is 0. The third-order valence-corrected chi connectivity index (χ3v) is 1.23. The van der Waals surface area contributed by atoms with Crippen molar-refractivity contribution in [2.45, 2.75) is 26.3 Å². The van der Waals surface area contributed by atoms with Crippen LogP contribution >= 0.6 is 0 Å². The van der Waals surface area contributed by atoms with Gasteiger partial charge in [-0.1, -0.05) is 12.2 Å². The van der Waals surface area contributed by atoms with Crippen LogP contribution in [0.4, 0.5) is 0 Å². The van der Waals surface area contributed by atoms with E-state index in [0.717, 1.165) is 0 Å². The van der Waals surface area contributed by atoms with Crippen molar-refractivity contribution in [3.63, 3.8) is 0 Å². The van der Waals surface area contributed by atoms with Gasteiger partial charge in [0.2, 0.25) is 0 Å². The molecule has 1 heteroatoms. The van der Waals surface area contributed by atoms with Crippen molar-refractivity contribution in [2.24, 2.45) is 0 Å². The molecule has 0 bridgehead atoms. The average molecular weight is 113 g/mol. The molecule has 48 valence electrons. The van der Waals surface area contributed by atoms with Crippen molar-refractivity contribution in [1.29, 1.82) is 0 Å². The second-order valence-corrected chi connectivity index (χ2v) is 2.47. The molecule has 0 aliphatic rings. The van der Waals surface area contributed by atoms with Gasteiger partial charge in [0.1, 0.15) is 0 Å². The van der Waals surface area contributed by atoms with E-state index >= 15 is 0 Å². The van der Waals surface area contributed by atoms with Gasteiger partial charge in [-0.15, -0.1) is 0 Å². The summed E-state index contributed by atoms with van der Waals surface area (Å²) in [6.07, 6.45) is 4.18. The first-order chi connectivity index (χ1) is 3.62. The first-order valence-electron chi connectivity index (χ1n) is 2.95. The lowest BCUT2D eigenvalue weighted by Gasteiger charge is -2.18. The lowest BCUT2D eigenvalue weighted by atomic mass is 10.1. The van der Waals surface area contributed by atoms with E-state index in [9.17, 15) is 0 Å². The highest BCUT2D eigenvalue weighted by atomic mass is 14.9. The molecular formula is C7H15N. The monoisotopic (exact) mass is 113 g/mol. The van der Waals surface area contributed by atoms with Gasteiger partial charge in [0, 0.05) is 5.54 Å². The van der Waals surface area contributed by atoms with Crippen LogP contribution in [0, 0.1) is 0 Å². The Labute approximate surface area is 51.8 Å². The van der Waals surface area contributed by atoms with E-state index in [1.807, 2.05) is 14.0 Å². The highest BCUT2D eigenvalue weighted by molar-refractivity contribution is 4.98. The summed E-state index contributed by atoms with van der Waals surface area (Å²) in [5.74, 6) is 0. The Morgan fingerprint density at radius 3 is 2.00 bits per heavy atom. The van der Waals surface area contributed by atoms with Crippen molar-refractivity contribution in [2.75, 3.05) is 7.05 Å². The molecular weight excluding hydrogens is 98.1 g/mol. The molecule has 1 nitrogen and oxygen atoms in total. The molecule has 0 saturated carbocycles. The highest BCUT2D eigenvalue weighted by Gasteiger charge is 2.06. The lowest BCUT2D eigenvalue weighted by molar-refractivity contribution is 0.527. The quantitative estimate of drug-likeness (QED) is 0.536. The highest BCUT2D eigenvalue weighted by Crippen LogP contribution is 2.00. The summed E-state index contributed by atoms with van der Waals surface area (Å²) >= 11 is 0. The van der Waals surface area contributed by atoms with Crippen molar-refractivity contribution < 1.29 is 0 Å². The predicted octanol–water partition coefficient (Wildman–Crippen LogP) is 1.56. The van der Waals surface area contributed by atoms with E-state index in [1.165, 1.54) is 0 Å². The van der Waals surface area contributed by atoms with E-state index < -0.39 is 0 Å². The maximum atomic E-state index is 3.16. The minimum absolute atomic E-state index is 0.161. The number of allylic oxidation sites excluding steroid dienone is 1. The van der Waals surface area contributed by atoms with Gasteiger partial charge < -0.3 is 5.32 Å².